The molecule has 5 rings (SSSR count). The topological polar surface area (TPSA) is 64.0 Å². The van der Waals surface area contributed by atoms with Gasteiger partial charge in [0.1, 0.15) is 5.82 Å². The van der Waals surface area contributed by atoms with Crippen molar-refractivity contribution in [2.24, 2.45) is 5.92 Å². The van der Waals surface area contributed by atoms with E-state index in [0.29, 0.717) is 28.4 Å². The molecule has 1 heterocycles. The van der Waals surface area contributed by atoms with Crippen LogP contribution in [0.25, 0.3) is 11.1 Å². The molecule has 3 aromatic rings. The average molecular weight is 343 g/mol. The fourth-order valence-corrected chi connectivity index (χ4v) is 3.49. The molecule has 0 atom stereocenters. The van der Waals surface area contributed by atoms with E-state index in [1.165, 1.54) is 12.8 Å². The maximum atomic E-state index is 12.7. The van der Waals surface area contributed by atoms with Crippen LogP contribution >= 0.6 is 0 Å². The summed E-state index contributed by atoms with van der Waals surface area (Å²) in [6, 6.07) is 14.7. The molecule has 0 spiro atoms. The van der Waals surface area contributed by atoms with Crippen LogP contribution in [0.15, 0.2) is 54.7 Å². The van der Waals surface area contributed by atoms with E-state index in [1.807, 2.05) is 35.0 Å². The van der Waals surface area contributed by atoms with Gasteiger partial charge in [-0.1, -0.05) is 30.3 Å². The molecule has 0 aliphatic heterocycles. The summed E-state index contributed by atoms with van der Waals surface area (Å²) in [5.41, 5.74) is 3.58. The van der Waals surface area contributed by atoms with Crippen molar-refractivity contribution in [2.75, 3.05) is 5.32 Å². The number of carbonyl (C=O) groups is 2. The van der Waals surface area contributed by atoms with Gasteiger partial charge in [-0.25, -0.2) is 4.68 Å². The van der Waals surface area contributed by atoms with Crippen LogP contribution in [0, 0.1) is 5.92 Å². The largest absolute Gasteiger partial charge is 0.307 e. The predicted molar refractivity (Wildman–Crippen MR) is 98.2 cm³/mol. The molecule has 2 aliphatic rings. The number of rotatable bonds is 4. The monoisotopic (exact) mass is 343 g/mol. The van der Waals surface area contributed by atoms with E-state index in [4.69, 9.17) is 0 Å². The number of benzene rings is 2. The number of amides is 1. The molecule has 5 nitrogen and oxygen atoms in total. The molecule has 128 valence electrons. The van der Waals surface area contributed by atoms with Gasteiger partial charge in [0, 0.05) is 29.3 Å². The molecule has 2 aromatic carbocycles. The van der Waals surface area contributed by atoms with E-state index in [0.717, 1.165) is 17.7 Å². The van der Waals surface area contributed by atoms with Crippen LogP contribution in [0.2, 0.25) is 0 Å². The van der Waals surface area contributed by atoms with Crippen molar-refractivity contribution in [3.8, 4) is 11.1 Å². The highest BCUT2D eigenvalue weighted by Crippen LogP contribution is 2.37. The van der Waals surface area contributed by atoms with Gasteiger partial charge in [0.25, 0.3) is 5.91 Å². The minimum absolute atomic E-state index is 0.0241. The molecule has 2 aliphatic carbocycles. The van der Waals surface area contributed by atoms with Crippen LogP contribution in [-0.2, 0) is 6.54 Å². The number of anilines is 1. The summed E-state index contributed by atoms with van der Waals surface area (Å²) in [6.45, 7) is 0.834. The number of nitrogens with zero attached hydrogens (tertiary/aromatic N) is 2. The second-order valence-corrected chi connectivity index (χ2v) is 6.93. The quantitative estimate of drug-likeness (QED) is 0.614. The van der Waals surface area contributed by atoms with Gasteiger partial charge >= 0.3 is 0 Å². The van der Waals surface area contributed by atoms with Crippen LogP contribution in [0.1, 0.15) is 39.1 Å². The van der Waals surface area contributed by atoms with Gasteiger partial charge in [-0.2, -0.15) is 5.10 Å². The standard InChI is InChI=1S/C21H17N3O2/c25-20-17-4-2-1-3-15(17)16-8-7-14(11-18(16)20)21(26)23-19-9-10-22-24(19)12-13-5-6-13/h1-4,7-11,13H,5-6,12H2,(H,23,26). The van der Waals surface area contributed by atoms with Gasteiger partial charge in [-0.15, -0.1) is 0 Å². The van der Waals surface area contributed by atoms with Gasteiger partial charge in [0.05, 0.1) is 6.20 Å². The van der Waals surface area contributed by atoms with Crippen molar-refractivity contribution < 1.29 is 9.59 Å². The second kappa shape index (κ2) is 5.66. The molecule has 0 radical (unpaired) electrons. The minimum atomic E-state index is -0.228. The maximum absolute atomic E-state index is 12.7. The zero-order valence-electron chi connectivity index (χ0n) is 14.1. The molecule has 0 unspecified atom stereocenters. The Morgan fingerprint density at radius 3 is 2.62 bits per heavy atom. The average Bonchev–Trinajstić information content (AvgIpc) is 3.31. The lowest BCUT2D eigenvalue weighted by Gasteiger charge is -2.09. The predicted octanol–water partition coefficient (Wildman–Crippen LogP) is 3.76. The third kappa shape index (κ3) is 2.44. The lowest BCUT2D eigenvalue weighted by Crippen LogP contribution is -2.16. The molecule has 1 N–H and O–H groups in total. The molecule has 1 amide bonds. The Balaban J connectivity index is 1.42. The van der Waals surface area contributed by atoms with E-state index in [2.05, 4.69) is 10.4 Å². The van der Waals surface area contributed by atoms with Crippen molar-refractivity contribution in [2.45, 2.75) is 19.4 Å². The molecule has 5 heteroatoms. The summed E-state index contributed by atoms with van der Waals surface area (Å²) in [5.74, 6) is 1.11. The van der Waals surface area contributed by atoms with Crippen molar-refractivity contribution in [3.05, 3.63) is 71.4 Å². The summed E-state index contributed by atoms with van der Waals surface area (Å²) >= 11 is 0. The molecule has 1 saturated carbocycles. The zero-order chi connectivity index (χ0) is 17.7. The van der Waals surface area contributed by atoms with Gasteiger partial charge in [0.2, 0.25) is 0 Å². The number of ketones is 1. The fourth-order valence-electron chi connectivity index (χ4n) is 3.49. The van der Waals surface area contributed by atoms with Gasteiger partial charge in [-0.05, 0) is 42.0 Å². The Morgan fingerprint density at radius 1 is 1.04 bits per heavy atom. The van der Waals surface area contributed by atoms with Crippen LogP contribution < -0.4 is 5.32 Å². The highest BCUT2D eigenvalue weighted by molar-refractivity contribution is 6.22. The van der Waals surface area contributed by atoms with Crippen molar-refractivity contribution in [3.63, 3.8) is 0 Å². The highest BCUT2D eigenvalue weighted by Gasteiger charge is 2.27. The fraction of sp³-hybridized carbons (Fsp3) is 0.190. The van der Waals surface area contributed by atoms with E-state index in [9.17, 15) is 9.59 Å². The second-order valence-electron chi connectivity index (χ2n) is 6.93. The third-order valence-electron chi connectivity index (χ3n) is 5.07. The summed E-state index contributed by atoms with van der Waals surface area (Å²) < 4.78 is 1.84. The van der Waals surface area contributed by atoms with Crippen LogP contribution in [0.5, 0.6) is 0 Å². The van der Waals surface area contributed by atoms with Gasteiger partial charge in [0.15, 0.2) is 5.78 Å². The lowest BCUT2D eigenvalue weighted by molar-refractivity contribution is 0.102. The van der Waals surface area contributed by atoms with Crippen molar-refractivity contribution >= 4 is 17.5 Å². The Morgan fingerprint density at radius 2 is 1.81 bits per heavy atom. The van der Waals surface area contributed by atoms with Crippen molar-refractivity contribution in [1.29, 1.82) is 0 Å². The first kappa shape index (κ1) is 15.1. The van der Waals surface area contributed by atoms with Crippen LogP contribution in [0.3, 0.4) is 0 Å². The number of aromatic nitrogens is 2. The Hall–Kier alpha value is -3.21. The number of nitrogens with one attached hydrogen (secondary N) is 1. The molecular formula is C21H17N3O2. The summed E-state index contributed by atoms with van der Waals surface area (Å²) in [5, 5.41) is 7.21. The number of hydrogen-bond acceptors (Lipinski definition) is 3. The minimum Gasteiger partial charge on any atom is -0.307 e. The molecule has 0 bridgehead atoms. The SMILES string of the molecule is O=C(Nc1ccnn1CC1CC1)c1ccc2c(c1)C(=O)c1ccccc1-2. The van der Waals surface area contributed by atoms with E-state index >= 15 is 0 Å². The van der Waals surface area contributed by atoms with Crippen LogP contribution in [-0.4, -0.2) is 21.5 Å². The molecule has 26 heavy (non-hydrogen) atoms. The Labute approximate surface area is 150 Å². The summed E-state index contributed by atoms with van der Waals surface area (Å²) in [4.78, 5) is 25.3. The Bertz CT molecular complexity index is 1050. The van der Waals surface area contributed by atoms with Crippen molar-refractivity contribution in [1.82, 2.24) is 9.78 Å². The van der Waals surface area contributed by atoms with Gasteiger partial charge in [-0.3, -0.25) is 9.59 Å². The molecule has 1 aromatic heterocycles. The number of hydrogen-bond donors (Lipinski definition) is 1. The Kier molecular flexibility index (Phi) is 3.28. The van der Waals surface area contributed by atoms with E-state index in [-0.39, 0.29) is 11.7 Å². The smallest absolute Gasteiger partial charge is 0.256 e. The first-order chi connectivity index (χ1) is 12.7. The highest BCUT2D eigenvalue weighted by atomic mass is 16.1. The van der Waals surface area contributed by atoms with Crippen LogP contribution in [0.4, 0.5) is 5.82 Å². The first-order valence-corrected chi connectivity index (χ1v) is 8.82. The molecule has 0 saturated heterocycles. The molecule has 1 fully saturated rings. The zero-order valence-corrected chi connectivity index (χ0v) is 14.1. The van der Waals surface area contributed by atoms with Gasteiger partial charge < -0.3 is 5.32 Å². The lowest BCUT2D eigenvalue weighted by atomic mass is 10.0. The summed E-state index contributed by atoms with van der Waals surface area (Å²) in [7, 11) is 0. The number of carbonyl (C=O) groups excluding carboxylic acids is 2. The third-order valence-corrected chi connectivity index (χ3v) is 5.07. The molecular weight excluding hydrogens is 326 g/mol. The summed E-state index contributed by atoms with van der Waals surface area (Å²) in [6.07, 6.45) is 4.14. The van der Waals surface area contributed by atoms with E-state index < -0.39 is 0 Å². The normalized spacial score (nSPS) is 14.8. The van der Waals surface area contributed by atoms with E-state index in [1.54, 1.807) is 24.4 Å². The first-order valence-electron chi connectivity index (χ1n) is 8.82. The number of fused-ring (bicyclic) bond motifs is 3. The maximum Gasteiger partial charge on any atom is 0.256 e.